The fourth-order valence-corrected chi connectivity index (χ4v) is 3.74. The SMILES string of the molecule is COc1ccc2c(c1)c(CC(=O)NCCOCCNC(=O)O)c(C)n2C(=O)c1ccc(Cl)cc1. The van der Waals surface area contributed by atoms with E-state index in [1.807, 2.05) is 13.0 Å². The molecule has 34 heavy (non-hydrogen) atoms. The maximum absolute atomic E-state index is 13.3. The zero-order valence-corrected chi connectivity index (χ0v) is 19.6. The molecular weight excluding hydrogens is 462 g/mol. The highest BCUT2D eigenvalue weighted by atomic mass is 35.5. The van der Waals surface area contributed by atoms with Crippen LogP contribution in [0.2, 0.25) is 5.02 Å². The van der Waals surface area contributed by atoms with Gasteiger partial charge in [-0.25, -0.2) is 4.79 Å². The Labute approximate surface area is 201 Å². The summed E-state index contributed by atoms with van der Waals surface area (Å²) in [6.07, 6.45) is -1.05. The van der Waals surface area contributed by atoms with E-state index in [2.05, 4.69) is 10.6 Å². The molecule has 0 aliphatic rings. The van der Waals surface area contributed by atoms with Crippen LogP contribution < -0.4 is 15.4 Å². The first-order valence-electron chi connectivity index (χ1n) is 10.6. The van der Waals surface area contributed by atoms with Crippen LogP contribution in [0.4, 0.5) is 4.79 Å². The smallest absolute Gasteiger partial charge is 0.404 e. The van der Waals surface area contributed by atoms with Crippen LogP contribution in [0, 0.1) is 6.92 Å². The molecular formula is C24H26ClN3O6. The number of hydrogen-bond donors (Lipinski definition) is 3. The van der Waals surface area contributed by atoms with Crippen molar-refractivity contribution in [1.29, 1.82) is 0 Å². The number of amides is 2. The summed E-state index contributed by atoms with van der Waals surface area (Å²) >= 11 is 5.96. The van der Waals surface area contributed by atoms with Gasteiger partial charge in [-0.3, -0.25) is 14.2 Å². The van der Waals surface area contributed by atoms with Crippen molar-refractivity contribution in [3.05, 3.63) is 64.3 Å². The second-order valence-corrected chi connectivity index (χ2v) is 7.90. The van der Waals surface area contributed by atoms with Gasteiger partial charge in [-0.1, -0.05) is 11.6 Å². The molecule has 180 valence electrons. The van der Waals surface area contributed by atoms with Crippen LogP contribution in [0.25, 0.3) is 10.9 Å². The molecule has 0 saturated heterocycles. The highest BCUT2D eigenvalue weighted by Crippen LogP contribution is 2.30. The number of carboxylic acid groups (broad SMARTS) is 1. The van der Waals surface area contributed by atoms with Crippen molar-refractivity contribution in [2.24, 2.45) is 0 Å². The highest BCUT2D eigenvalue weighted by molar-refractivity contribution is 6.30. The number of rotatable bonds is 10. The lowest BCUT2D eigenvalue weighted by atomic mass is 10.1. The van der Waals surface area contributed by atoms with Crippen molar-refractivity contribution in [2.45, 2.75) is 13.3 Å². The summed E-state index contributed by atoms with van der Waals surface area (Å²) < 4.78 is 12.2. The molecule has 0 aliphatic carbocycles. The van der Waals surface area contributed by atoms with Crippen LogP contribution in [0.5, 0.6) is 5.75 Å². The molecule has 0 spiro atoms. The first-order valence-corrected chi connectivity index (χ1v) is 11.0. The molecule has 2 amide bonds. The lowest BCUT2D eigenvalue weighted by Gasteiger charge is -2.09. The molecule has 0 atom stereocenters. The van der Waals surface area contributed by atoms with E-state index >= 15 is 0 Å². The lowest BCUT2D eigenvalue weighted by Crippen LogP contribution is -2.30. The third-order valence-electron chi connectivity index (χ3n) is 5.26. The van der Waals surface area contributed by atoms with Crippen molar-refractivity contribution in [3.8, 4) is 5.75 Å². The first-order chi connectivity index (χ1) is 16.3. The summed E-state index contributed by atoms with van der Waals surface area (Å²) in [5.74, 6) is 0.171. The summed E-state index contributed by atoms with van der Waals surface area (Å²) in [4.78, 5) is 36.3. The monoisotopic (exact) mass is 487 g/mol. The maximum Gasteiger partial charge on any atom is 0.404 e. The molecule has 2 aromatic carbocycles. The normalized spacial score (nSPS) is 10.8. The Hall–Kier alpha value is -3.56. The Balaban J connectivity index is 1.77. The van der Waals surface area contributed by atoms with E-state index in [0.29, 0.717) is 27.5 Å². The second kappa shape index (κ2) is 11.5. The van der Waals surface area contributed by atoms with Crippen LogP contribution >= 0.6 is 11.6 Å². The van der Waals surface area contributed by atoms with E-state index in [1.165, 1.54) is 0 Å². The molecule has 0 bridgehead atoms. The molecule has 0 fully saturated rings. The molecule has 0 unspecified atom stereocenters. The number of carbonyl (C=O) groups is 3. The zero-order valence-electron chi connectivity index (χ0n) is 18.9. The number of methoxy groups -OCH3 is 1. The zero-order chi connectivity index (χ0) is 24.7. The number of ether oxygens (including phenoxy) is 2. The molecule has 3 N–H and O–H groups in total. The van der Waals surface area contributed by atoms with Gasteiger partial charge in [0.15, 0.2) is 0 Å². The summed E-state index contributed by atoms with van der Waals surface area (Å²) in [6.45, 7) is 2.71. The number of aromatic nitrogens is 1. The van der Waals surface area contributed by atoms with Crippen molar-refractivity contribution in [2.75, 3.05) is 33.4 Å². The Bertz CT molecular complexity index is 1190. The molecule has 0 saturated carbocycles. The molecule has 0 radical (unpaired) electrons. The van der Waals surface area contributed by atoms with Crippen LogP contribution in [0.3, 0.4) is 0 Å². The van der Waals surface area contributed by atoms with E-state index in [0.717, 1.165) is 10.9 Å². The molecule has 3 aromatic rings. The minimum Gasteiger partial charge on any atom is -0.497 e. The van der Waals surface area contributed by atoms with Crippen molar-refractivity contribution in [3.63, 3.8) is 0 Å². The third-order valence-corrected chi connectivity index (χ3v) is 5.52. The fraction of sp³-hybridized carbons (Fsp3) is 0.292. The van der Waals surface area contributed by atoms with Gasteiger partial charge in [-0.15, -0.1) is 0 Å². The highest BCUT2D eigenvalue weighted by Gasteiger charge is 2.22. The van der Waals surface area contributed by atoms with Gasteiger partial charge in [0.25, 0.3) is 5.91 Å². The van der Waals surface area contributed by atoms with Gasteiger partial charge in [0.2, 0.25) is 5.91 Å². The standard InChI is InChI=1S/C24H26ClN3O6/c1-15-19(14-22(29)26-9-11-34-12-10-27-24(31)32)20-13-18(33-2)7-8-21(20)28(15)23(30)16-3-5-17(25)6-4-16/h3-8,13,27H,9-12,14H2,1-2H3,(H,26,29)(H,31,32). The van der Waals surface area contributed by atoms with Gasteiger partial charge in [-0.2, -0.15) is 0 Å². The molecule has 1 heterocycles. The van der Waals surface area contributed by atoms with Gasteiger partial charge < -0.3 is 25.2 Å². The Morgan fingerprint density at radius 2 is 1.71 bits per heavy atom. The van der Waals surface area contributed by atoms with E-state index < -0.39 is 6.09 Å². The average Bonchev–Trinajstić information content (AvgIpc) is 3.08. The number of benzene rings is 2. The summed E-state index contributed by atoms with van der Waals surface area (Å²) in [5.41, 5.74) is 2.54. The number of carbonyl (C=O) groups excluding carboxylic acids is 2. The maximum atomic E-state index is 13.3. The van der Waals surface area contributed by atoms with Gasteiger partial charge in [0, 0.05) is 34.8 Å². The van der Waals surface area contributed by atoms with Crippen molar-refractivity contribution in [1.82, 2.24) is 15.2 Å². The average molecular weight is 488 g/mol. The van der Waals surface area contributed by atoms with Crippen LogP contribution in [0.1, 0.15) is 21.6 Å². The number of fused-ring (bicyclic) bond motifs is 1. The van der Waals surface area contributed by atoms with Crippen molar-refractivity contribution < 1.29 is 29.0 Å². The number of nitrogens with one attached hydrogen (secondary N) is 2. The topological polar surface area (TPSA) is 119 Å². The first kappa shape index (κ1) is 25.1. The summed E-state index contributed by atoms with van der Waals surface area (Å²) in [5, 5.41) is 14.8. The fourth-order valence-electron chi connectivity index (χ4n) is 3.61. The summed E-state index contributed by atoms with van der Waals surface area (Å²) in [7, 11) is 1.56. The number of hydrogen-bond acceptors (Lipinski definition) is 5. The van der Waals surface area contributed by atoms with Gasteiger partial charge >= 0.3 is 6.09 Å². The third kappa shape index (κ3) is 6.06. The molecule has 10 heteroatoms. The molecule has 3 rings (SSSR count). The molecule has 9 nitrogen and oxygen atoms in total. The predicted octanol–water partition coefficient (Wildman–Crippen LogP) is 3.24. The summed E-state index contributed by atoms with van der Waals surface area (Å²) in [6, 6.07) is 12.0. The van der Waals surface area contributed by atoms with Crippen molar-refractivity contribution >= 4 is 40.4 Å². The number of nitrogens with zero attached hydrogens (tertiary/aromatic N) is 1. The van der Waals surface area contributed by atoms with E-state index in [-0.39, 0.29) is 44.5 Å². The Kier molecular flexibility index (Phi) is 8.50. The Morgan fingerprint density at radius 3 is 2.35 bits per heavy atom. The number of halogens is 1. The predicted molar refractivity (Wildman–Crippen MR) is 128 cm³/mol. The minimum absolute atomic E-state index is 0.0664. The van der Waals surface area contributed by atoms with E-state index in [1.54, 1.807) is 48.1 Å². The van der Waals surface area contributed by atoms with Crippen LogP contribution in [-0.2, 0) is 16.0 Å². The molecule has 0 aliphatic heterocycles. The lowest BCUT2D eigenvalue weighted by molar-refractivity contribution is -0.120. The van der Waals surface area contributed by atoms with Crippen LogP contribution in [0.15, 0.2) is 42.5 Å². The Morgan fingerprint density at radius 1 is 1.03 bits per heavy atom. The van der Waals surface area contributed by atoms with Gasteiger partial charge in [0.1, 0.15) is 5.75 Å². The van der Waals surface area contributed by atoms with Crippen LogP contribution in [-0.4, -0.2) is 61.0 Å². The minimum atomic E-state index is -1.11. The van der Waals surface area contributed by atoms with Gasteiger partial charge in [-0.05, 0) is 55.0 Å². The van der Waals surface area contributed by atoms with Gasteiger partial charge in [0.05, 0.1) is 32.3 Å². The van der Waals surface area contributed by atoms with E-state index in [9.17, 15) is 14.4 Å². The second-order valence-electron chi connectivity index (χ2n) is 7.47. The quantitative estimate of drug-likeness (QED) is 0.378. The molecule has 1 aromatic heterocycles. The van der Waals surface area contributed by atoms with E-state index in [4.69, 9.17) is 26.2 Å². The largest absolute Gasteiger partial charge is 0.497 e.